The fraction of sp³-hybridized carbons (Fsp3) is 0.857. The number of carboxylic acid groups (broad SMARTS) is 1. The van der Waals surface area contributed by atoms with Crippen molar-refractivity contribution in [3.8, 4) is 0 Å². The maximum atomic E-state index is 12.8. The zero-order valence-electron chi connectivity index (χ0n) is 40.3. The number of likely N-dealkylation sites (tertiary alicyclic amines) is 1. The summed E-state index contributed by atoms with van der Waals surface area (Å²) in [6, 6.07) is -1.20. The highest BCUT2D eigenvalue weighted by Gasteiger charge is 2.71. The molecule has 2 saturated heterocycles. The zero-order valence-corrected chi connectivity index (χ0v) is 41.1. The summed E-state index contributed by atoms with van der Waals surface area (Å²) in [6.07, 6.45) is 4.73. The molecule has 0 radical (unpaired) electrons. The smallest absolute Gasteiger partial charge is 0.331 e. The highest BCUT2D eigenvalue weighted by Crippen LogP contribution is 2.74. The van der Waals surface area contributed by atoms with Gasteiger partial charge in [0, 0.05) is 19.0 Å². The van der Waals surface area contributed by atoms with Crippen LogP contribution in [0.25, 0.3) is 0 Å². The number of hydrogen-bond donors (Lipinski definition) is 8. The molecule has 8 N–H and O–H groups in total. The van der Waals surface area contributed by atoms with Crippen molar-refractivity contribution in [2.75, 3.05) is 19.8 Å². The average molecular weight is 923 g/mol. The first-order valence-electron chi connectivity index (χ1n) is 23.9. The molecule has 19 atom stereocenters. The van der Waals surface area contributed by atoms with Gasteiger partial charge in [0.1, 0.15) is 36.0 Å². The summed E-state index contributed by atoms with van der Waals surface area (Å²) in [6.45, 7) is 18.9. The maximum Gasteiger partial charge on any atom is 0.331 e. The number of nitrogens with one attached hydrogen (secondary N) is 1. The molecule has 366 valence electrons. The molecule has 0 aromatic carbocycles. The molecule has 1 amide bonds. The Balaban J connectivity index is 0.000000254. The van der Waals surface area contributed by atoms with Crippen molar-refractivity contribution in [2.45, 2.75) is 199 Å². The standard InChI is InChI=1S/C31H48O6.C18H34N2O6S/c1-17(2)9-8-10-20(28(35)36)26-22-15-24(34)27-29(5)13-12-23(33)18(3)21(29)11-14-30(27,6)31(22,7)16-25(26)37-19(4)32;1-5-6-10-7-11(20(3)8-10)17(25)19-12(9(2)21)16-14(23)13(22)15(24)18(26-16)27-4/h9,18,21-25,27,33-34H,8,10-16H2,1-7H3,(H,35,36);9-16,18,21-24H,5-8H2,1-4H3,(H,19,25)/b26-20-;/t18-,21-,22-,23+,24+,25-,27-,29-,30-,31-;9-,10-,11+,12-,13+,14-,15-,16-,18-/m01/s1. The Bertz CT molecular complexity index is 1720. The van der Waals surface area contributed by atoms with E-state index in [9.17, 15) is 50.1 Å². The summed E-state index contributed by atoms with van der Waals surface area (Å²) >= 11 is 1.20. The van der Waals surface area contributed by atoms with Gasteiger partial charge in [0.25, 0.3) is 0 Å². The number of likely N-dealkylation sites (N-methyl/N-ethyl adjacent to an activating group) is 1. The number of carbonyl (C=O) groups is 3. The SMILES string of the molecule is CC(=O)O[C@H]1C[C@@]2(C)[C@@H](C[C@@H](O)[C@H]3[C@@]4(C)CC[C@@H](O)[C@@H](C)[C@@H]4CC[C@@]32C)/C1=C(\CCC=C(C)C)C(=O)O.CCC[C@@H]1C[C@@H](C(=O)N[C@@H]([C@H]2O[C@H](SC)[C@H](O)[C@@H](O)[C@H]2O)[C@@H](C)O)N(C)C1. The fourth-order valence-electron chi connectivity index (χ4n) is 13.9. The number of aliphatic carboxylic acids is 1. The van der Waals surface area contributed by atoms with Gasteiger partial charge < -0.3 is 50.5 Å². The molecular formula is C49H82N2O12S. The topological polar surface area (TPSA) is 227 Å². The van der Waals surface area contributed by atoms with Gasteiger partial charge in [-0.2, -0.15) is 0 Å². The van der Waals surface area contributed by atoms with E-state index in [1.54, 1.807) is 6.26 Å². The Morgan fingerprint density at radius 2 is 1.66 bits per heavy atom. The maximum absolute atomic E-state index is 12.8. The van der Waals surface area contributed by atoms with E-state index in [0.29, 0.717) is 43.1 Å². The van der Waals surface area contributed by atoms with Crippen LogP contribution in [0, 0.1) is 45.8 Å². The van der Waals surface area contributed by atoms with Crippen LogP contribution < -0.4 is 5.32 Å². The zero-order chi connectivity index (χ0) is 47.8. The first kappa shape index (κ1) is 52.9. The summed E-state index contributed by atoms with van der Waals surface area (Å²) in [5, 5.41) is 76.4. The molecule has 14 nitrogen and oxygen atoms in total. The Kier molecular flexibility index (Phi) is 17.4. The predicted molar refractivity (Wildman–Crippen MR) is 246 cm³/mol. The highest BCUT2D eigenvalue weighted by atomic mass is 32.2. The number of nitrogens with zero attached hydrogens (tertiary/aromatic N) is 1. The van der Waals surface area contributed by atoms with Crippen LogP contribution in [0.15, 0.2) is 22.8 Å². The summed E-state index contributed by atoms with van der Waals surface area (Å²) in [7, 11) is 1.91. The van der Waals surface area contributed by atoms with Crippen LogP contribution in [0.3, 0.4) is 0 Å². The lowest BCUT2D eigenvalue weighted by molar-refractivity contribution is -0.234. The lowest BCUT2D eigenvalue weighted by Gasteiger charge is -2.69. The van der Waals surface area contributed by atoms with Gasteiger partial charge in [-0.05, 0) is 150 Å². The summed E-state index contributed by atoms with van der Waals surface area (Å²) in [4.78, 5) is 39.7. The molecule has 2 heterocycles. The number of rotatable bonds is 12. The number of esters is 1. The van der Waals surface area contributed by atoms with E-state index in [1.807, 2.05) is 31.9 Å². The van der Waals surface area contributed by atoms with Crippen molar-refractivity contribution < 1.29 is 59.6 Å². The van der Waals surface area contributed by atoms with Gasteiger partial charge in [-0.15, -0.1) is 11.8 Å². The van der Waals surface area contributed by atoms with Gasteiger partial charge in [0.15, 0.2) is 0 Å². The third kappa shape index (κ3) is 10.2. The number of carbonyl (C=O) groups excluding carboxylic acids is 2. The van der Waals surface area contributed by atoms with Crippen molar-refractivity contribution in [2.24, 2.45) is 45.8 Å². The molecule has 6 aliphatic rings. The number of thioether (sulfide) groups is 1. The molecule has 6 rings (SSSR count). The van der Waals surface area contributed by atoms with Crippen LogP contribution in [0.5, 0.6) is 0 Å². The third-order valence-electron chi connectivity index (χ3n) is 17.2. The molecule has 0 spiro atoms. The van der Waals surface area contributed by atoms with Crippen LogP contribution in [0.4, 0.5) is 0 Å². The van der Waals surface area contributed by atoms with Gasteiger partial charge >= 0.3 is 11.9 Å². The number of ether oxygens (including phenoxy) is 2. The van der Waals surface area contributed by atoms with Crippen LogP contribution in [-0.2, 0) is 23.9 Å². The van der Waals surface area contributed by atoms with Crippen LogP contribution in [0.1, 0.15) is 133 Å². The lowest BCUT2D eigenvalue weighted by atomic mass is 9.36. The number of fused-ring (bicyclic) bond motifs is 5. The number of hydrogen-bond acceptors (Lipinski definition) is 13. The molecule has 4 aliphatic carbocycles. The fourth-order valence-corrected chi connectivity index (χ4v) is 14.6. The van der Waals surface area contributed by atoms with Gasteiger partial charge in [0.05, 0.1) is 30.4 Å². The number of allylic oxidation sites excluding steroid dienone is 2. The van der Waals surface area contributed by atoms with Crippen molar-refractivity contribution in [3.63, 3.8) is 0 Å². The second-order valence-electron chi connectivity index (χ2n) is 21.4. The molecule has 0 bridgehead atoms. The third-order valence-corrected chi connectivity index (χ3v) is 18.1. The molecule has 0 aromatic rings. The number of amides is 1. The number of carboxylic acids is 1. The Labute approximate surface area is 386 Å². The van der Waals surface area contributed by atoms with E-state index >= 15 is 0 Å². The number of aliphatic hydroxyl groups excluding tert-OH is 6. The van der Waals surface area contributed by atoms with Gasteiger partial charge in [-0.3, -0.25) is 14.5 Å². The quantitative estimate of drug-likeness (QED) is 0.0748. The first-order chi connectivity index (χ1) is 29.9. The minimum absolute atomic E-state index is 0.0474. The molecule has 15 heteroatoms. The minimum Gasteiger partial charge on any atom is -0.478 e. The molecular weight excluding hydrogens is 841 g/mol. The van der Waals surface area contributed by atoms with E-state index in [2.05, 4.69) is 39.9 Å². The van der Waals surface area contributed by atoms with E-state index < -0.39 is 66.1 Å². The number of aliphatic hydroxyl groups is 6. The second kappa shape index (κ2) is 21.1. The molecule has 0 aromatic heterocycles. The van der Waals surface area contributed by atoms with E-state index in [0.717, 1.165) is 62.6 Å². The Morgan fingerprint density at radius 3 is 2.23 bits per heavy atom. The summed E-state index contributed by atoms with van der Waals surface area (Å²) in [5.41, 5.74) is 0.814. The summed E-state index contributed by atoms with van der Waals surface area (Å²) in [5.74, 6) is -0.665. The van der Waals surface area contributed by atoms with Gasteiger partial charge in [-0.1, -0.05) is 52.7 Å². The monoisotopic (exact) mass is 923 g/mol. The van der Waals surface area contributed by atoms with E-state index in [4.69, 9.17) is 9.47 Å². The van der Waals surface area contributed by atoms with Crippen LogP contribution in [0.2, 0.25) is 0 Å². The van der Waals surface area contributed by atoms with Gasteiger partial charge in [0.2, 0.25) is 5.91 Å². The van der Waals surface area contributed by atoms with Crippen LogP contribution >= 0.6 is 11.8 Å². The Hall–Kier alpha value is -2.08. The van der Waals surface area contributed by atoms with Crippen molar-refractivity contribution in [1.82, 2.24) is 10.2 Å². The minimum atomic E-state index is -1.42. The molecule has 4 saturated carbocycles. The van der Waals surface area contributed by atoms with Crippen LogP contribution in [-0.4, -0.2) is 145 Å². The normalized spacial score (nSPS) is 43.6. The first-order valence-corrected chi connectivity index (χ1v) is 25.2. The molecule has 6 fully saturated rings. The molecule has 0 unspecified atom stereocenters. The Morgan fingerprint density at radius 1 is 0.984 bits per heavy atom. The van der Waals surface area contributed by atoms with E-state index in [-0.39, 0.29) is 52.1 Å². The second-order valence-corrected chi connectivity index (χ2v) is 22.4. The molecule has 64 heavy (non-hydrogen) atoms. The van der Waals surface area contributed by atoms with Gasteiger partial charge in [-0.25, -0.2) is 4.79 Å². The predicted octanol–water partition coefficient (Wildman–Crippen LogP) is 4.81. The van der Waals surface area contributed by atoms with Crippen molar-refractivity contribution >= 4 is 29.6 Å². The van der Waals surface area contributed by atoms with Crippen molar-refractivity contribution in [1.29, 1.82) is 0 Å². The van der Waals surface area contributed by atoms with E-state index in [1.165, 1.54) is 25.6 Å². The highest BCUT2D eigenvalue weighted by molar-refractivity contribution is 7.99. The largest absolute Gasteiger partial charge is 0.478 e. The average Bonchev–Trinajstić information content (AvgIpc) is 3.71. The lowest BCUT2D eigenvalue weighted by Crippen LogP contribution is -2.65. The molecule has 2 aliphatic heterocycles. The van der Waals surface area contributed by atoms with Crippen molar-refractivity contribution in [3.05, 3.63) is 22.8 Å². The summed E-state index contributed by atoms with van der Waals surface area (Å²) < 4.78 is 11.6.